The number of aromatic nitrogens is 3. The van der Waals surface area contributed by atoms with Crippen LogP contribution in [-0.4, -0.2) is 60.5 Å². The van der Waals surface area contributed by atoms with Gasteiger partial charge in [-0.2, -0.15) is 4.98 Å². The Morgan fingerprint density at radius 2 is 2.07 bits per heavy atom. The lowest BCUT2D eigenvalue weighted by molar-refractivity contribution is -0.125. The van der Waals surface area contributed by atoms with Gasteiger partial charge in [-0.15, -0.1) is 6.42 Å². The van der Waals surface area contributed by atoms with Crippen molar-refractivity contribution < 1.29 is 14.3 Å². The predicted molar refractivity (Wildman–Crippen MR) is 173 cm³/mol. The number of hydrogen-bond acceptors (Lipinski definition) is 9. The summed E-state index contributed by atoms with van der Waals surface area (Å²) >= 11 is 0. The van der Waals surface area contributed by atoms with Gasteiger partial charge in [0.2, 0.25) is 11.9 Å². The molecule has 12 heteroatoms. The number of nitrogens with zero attached hydrogens (tertiary/aromatic N) is 4. The molecule has 2 aliphatic carbocycles. The minimum Gasteiger partial charge on any atom is -0.408 e. The van der Waals surface area contributed by atoms with Crippen molar-refractivity contribution in [3.63, 3.8) is 0 Å². The summed E-state index contributed by atoms with van der Waals surface area (Å²) in [6.07, 6.45) is 11.4. The van der Waals surface area contributed by atoms with Crippen molar-refractivity contribution in [2.75, 3.05) is 28.6 Å². The summed E-state index contributed by atoms with van der Waals surface area (Å²) in [5, 5.41) is 20.6. The van der Waals surface area contributed by atoms with Crippen LogP contribution in [0.2, 0.25) is 0 Å². The molecule has 3 atom stereocenters. The van der Waals surface area contributed by atoms with Gasteiger partial charge >= 0.3 is 5.76 Å². The normalized spacial score (nSPS) is 24.2. The number of terminal acetylenes is 1. The molecular formula is C33H34N7O4Si. The molecule has 4 N–H and O–H groups in total. The molecule has 1 amide bonds. The molecule has 0 bridgehead atoms. The number of piperidine rings is 1. The van der Waals surface area contributed by atoms with Crippen LogP contribution < -0.4 is 26.6 Å². The van der Waals surface area contributed by atoms with Crippen LogP contribution in [0.25, 0.3) is 11.1 Å². The number of fused-ring (bicyclic) bond motifs is 2. The number of oxazole rings is 1. The Balaban J connectivity index is 1.25. The molecule has 1 unspecified atom stereocenters. The van der Waals surface area contributed by atoms with Gasteiger partial charge in [-0.25, -0.2) is 9.78 Å². The lowest BCUT2D eigenvalue weighted by Crippen LogP contribution is -2.53. The van der Waals surface area contributed by atoms with E-state index in [2.05, 4.69) is 42.0 Å². The second-order valence-corrected chi connectivity index (χ2v) is 13.2. The Hall–Kier alpha value is -4.60. The zero-order valence-electron chi connectivity index (χ0n) is 25.0. The maximum absolute atomic E-state index is 13.0. The summed E-state index contributed by atoms with van der Waals surface area (Å²) in [6, 6.07) is 13.5. The van der Waals surface area contributed by atoms with E-state index in [1.165, 1.54) is 4.57 Å². The zero-order chi connectivity index (χ0) is 31.3. The highest BCUT2D eigenvalue weighted by Gasteiger charge is 2.51. The van der Waals surface area contributed by atoms with Crippen LogP contribution in [0, 0.1) is 18.3 Å². The number of hydrogen-bond donors (Lipinski definition) is 4. The topological polar surface area (TPSA) is 138 Å². The predicted octanol–water partition coefficient (Wildman–Crippen LogP) is 3.00. The SMILES string of the molecule is C#CCn1c(=O)oc2ccc(Nc3ncc(N4CCC[C@H](C(=O)NC5CC5)C4)c(N[C@@]4([Si])c5ccccc5CC4(C)O)n3)cc21. The first-order valence-electron chi connectivity index (χ1n) is 15.3. The molecule has 2 aromatic heterocycles. The Morgan fingerprint density at radius 1 is 1.24 bits per heavy atom. The van der Waals surface area contributed by atoms with Gasteiger partial charge in [0, 0.05) is 31.2 Å². The fourth-order valence-corrected chi connectivity index (χ4v) is 6.89. The van der Waals surface area contributed by atoms with Crippen LogP contribution in [0.3, 0.4) is 0 Å². The average molecular weight is 621 g/mol. The molecule has 2 fully saturated rings. The van der Waals surface area contributed by atoms with Crippen LogP contribution in [0.1, 0.15) is 43.7 Å². The van der Waals surface area contributed by atoms with Crippen molar-refractivity contribution in [3.8, 4) is 12.3 Å². The van der Waals surface area contributed by atoms with E-state index in [9.17, 15) is 14.7 Å². The molecule has 4 aromatic rings. The molecule has 2 aromatic carbocycles. The molecule has 1 aliphatic heterocycles. The van der Waals surface area contributed by atoms with E-state index in [0.29, 0.717) is 47.6 Å². The first kappa shape index (κ1) is 29.1. The van der Waals surface area contributed by atoms with E-state index >= 15 is 0 Å². The van der Waals surface area contributed by atoms with Gasteiger partial charge in [0.15, 0.2) is 11.4 Å². The monoisotopic (exact) mass is 620 g/mol. The van der Waals surface area contributed by atoms with E-state index in [1.54, 1.807) is 31.3 Å². The van der Waals surface area contributed by atoms with Crippen molar-refractivity contribution in [1.29, 1.82) is 0 Å². The molecule has 1 saturated carbocycles. The Bertz CT molecular complexity index is 1890. The third-order valence-electron chi connectivity index (χ3n) is 9.07. The van der Waals surface area contributed by atoms with Crippen LogP contribution in [0.4, 0.5) is 23.1 Å². The fourth-order valence-electron chi connectivity index (χ4n) is 6.44. The van der Waals surface area contributed by atoms with Gasteiger partial charge in [-0.1, -0.05) is 30.2 Å². The second kappa shape index (κ2) is 11.1. The van der Waals surface area contributed by atoms with Crippen molar-refractivity contribution in [2.45, 2.75) is 62.4 Å². The van der Waals surface area contributed by atoms with E-state index < -0.39 is 16.5 Å². The second-order valence-electron chi connectivity index (χ2n) is 12.4. The molecule has 45 heavy (non-hydrogen) atoms. The standard InChI is InChI=1S/C33H34N7O4Si/c1-3-14-40-25-16-23(12-13-27(25)44-31(40)42)36-30-34-18-26(39-15-6-8-21(19-39)29(41)35-22-10-11-22)28(37-30)38-33(45)24-9-5-4-7-20(24)17-32(33,2)43/h1,4-5,7,9,12-13,16,18,21-22,43H,6,8,10-11,14-15,17,19H2,2H3,(H,35,41)(H2,34,36,37,38)/t21-,32?,33+/m0/s1. The minimum atomic E-state index is -1.19. The van der Waals surface area contributed by atoms with Gasteiger partial charge in [0.1, 0.15) is 0 Å². The average Bonchev–Trinajstić information content (AvgIpc) is 3.75. The van der Waals surface area contributed by atoms with Crippen molar-refractivity contribution in [1.82, 2.24) is 19.9 Å². The number of anilines is 4. The number of nitrogens with one attached hydrogen (secondary N) is 3. The Labute approximate surface area is 263 Å². The molecule has 7 rings (SSSR count). The Morgan fingerprint density at radius 3 is 2.87 bits per heavy atom. The molecule has 229 valence electrons. The fraction of sp³-hybridized carbons (Fsp3) is 0.394. The molecule has 1 saturated heterocycles. The molecule has 3 aliphatic rings. The molecule has 11 nitrogen and oxygen atoms in total. The van der Waals surface area contributed by atoms with Crippen LogP contribution >= 0.6 is 0 Å². The third-order valence-corrected chi connectivity index (χ3v) is 10.0. The van der Waals surface area contributed by atoms with E-state index in [1.807, 2.05) is 24.3 Å². The van der Waals surface area contributed by atoms with Gasteiger partial charge < -0.3 is 30.4 Å². The number of carbonyl (C=O) groups excluding carboxylic acids is 1. The lowest BCUT2D eigenvalue weighted by atomic mass is 9.95. The van der Waals surface area contributed by atoms with Gasteiger partial charge in [0.25, 0.3) is 0 Å². The number of carbonyl (C=O) groups is 1. The zero-order valence-corrected chi connectivity index (χ0v) is 26.0. The van der Waals surface area contributed by atoms with Crippen LogP contribution in [-0.2, 0) is 22.9 Å². The number of amides is 1. The summed E-state index contributed by atoms with van der Waals surface area (Å²) in [7, 11) is 3.96. The summed E-state index contributed by atoms with van der Waals surface area (Å²) < 4.78 is 6.71. The maximum Gasteiger partial charge on any atom is 0.420 e. The van der Waals surface area contributed by atoms with Gasteiger partial charge in [-0.05, 0) is 61.9 Å². The van der Waals surface area contributed by atoms with E-state index in [4.69, 9.17) is 15.8 Å². The number of benzene rings is 2. The highest BCUT2D eigenvalue weighted by Crippen LogP contribution is 2.45. The van der Waals surface area contributed by atoms with Crippen molar-refractivity contribution in [2.24, 2.45) is 5.92 Å². The molecule has 3 heterocycles. The maximum atomic E-state index is 13.0. The molecule has 0 spiro atoms. The third kappa shape index (κ3) is 5.36. The minimum absolute atomic E-state index is 0.0819. The molecular weight excluding hydrogens is 586 g/mol. The Kier molecular flexibility index (Phi) is 7.17. The largest absolute Gasteiger partial charge is 0.420 e. The van der Waals surface area contributed by atoms with Crippen LogP contribution in [0.15, 0.2) is 57.9 Å². The van der Waals surface area contributed by atoms with Gasteiger partial charge in [-0.3, -0.25) is 9.36 Å². The van der Waals surface area contributed by atoms with E-state index in [0.717, 1.165) is 49.0 Å². The quantitative estimate of drug-likeness (QED) is 0.173. The number of rotatable bonds is 8. The van der Waals surface area contributed by atoms with Gasteiger partial charge in [0.05, 0.1) is 50.9 Å². The first-order valence-corrected chi connectivity index (χ1v) is 15.8. The molecule has 3 radical (unpaired) electrons. The highest BCUT2D eigenvalue weighted by atomic mass is 28.1. The summed E-state index contributed by atoms with van der Waals surface area (Å²) in [6.45, 7) is 3.15. The summed E-state index contributed by atoms with van der Waals surface area (Å²) in [5.74, 6) is 2.72. The lowest BCUT2D eigenvalue weighted by Gasteiger charge is -2.41. The van der Waals surface area contributed by atoms with Crippen LogP contribution in [0.5, 0.6) is 0 Å². The van der Waals surface area contributed by atoms with Crippen molar-refractivity contribution >= 4 is 50.4 Å². The summed E-state index contributed by atoms with van der Waals surface area (Å²) in [5.41, 5.74) is 3.10. The summed E-state index contributed by atoms with van der Waals surface area (Å²) in [4.78, 5) is 37.0. The first-order chi connectivity index (χ1) is 21.6. The number of aliphatic hydroxyl groups is 1. The smallest absolute Gasteiger partial charge is 0.408 e. The highest BCUT2D eigenvalue weighted by molar-refractivity contribution is 6.19. The van der Waals surface area contributed by atoms with E-state index in [-0.39, 0.29) is 18.4 Å². The van der Waals surface area contributed by atoms with Crippen molar-refractivity contribution in [3.05, 3.63) is 70.3 Å².